The van der Waals surface area contributed by atoms with Gasteiger partial charge in [-0.15, -0.1) is 0 Å². The molecule has 2 heterocycles. The van der Waals surface area contributed by atoms with Crippen LogP contribution in [0.2, 0.25) is 0 Å². The van der Waals surface area contributed by atoms with Crippen LogP contribution in [0.4, 0.5) is 0 Å². The van der Waals surface area contributed by atoms with Gasteiger partial charge < -0.3 is 19.3 Å². The van der Waals surface area contributed by atoms with Crippen LogP contribution in [-0.4, -0.2) is 40.9 Å². The molecule has 4 nitrogen and oxygen atoms in total. The molecule has 1 aliphatic rings. The number of benzene rings is 2. The molecule has 4 rings (SSSR count). The molecule has 1 atom stereocenters. The van der Waals surface area contributed by atoms with Gasteiger partial charge in [0.25, 0.3) is 0 Å². The van der Waals surface area contributed by atoms with Gasteiger partial charge in [0.2, 0.25) is 0 Å². The monoisotopic (exact) mass is 364 g/mol. The molecule has 1 aromatic heterocycles. The number of likely N-dealkylation sites (N-methyl/N-ethyl adjacent to an activating group) is 1. The Kier molecular flexibility index (Phi) is 5.19. The molecule has 0 bridgehead atoms. The lowest BCUT2D eigenvalue weighted by Gasteiger charge is -2.25. The van der Waals surface area contributed by atoms with Crippen molar-refractivity contribution in [3.05, 3.63) is 65.4 Å². The summed E-state index contributed by atoms with van der Waals surface area (Å²) in [5.74, 6) is 0.796. The number of aromatic nitrogens is 1. The number of nitrogens with zero attached hydrogens (tertiary/aromatic N) is 2. The standard InChI is InChI=1S/C23H28N2O2/c1-3-17-9-10-22-20(13-17)21-15-24(2)12-11-23(21)25(22)14-18(26)16-27-19-7-5-4-6-8-19/h4-10,13,18,26H,3,11-12,14-16H2,1-2H3. The summed E-state index contributed by atoms with van der Waals surface area (Å²) < 4.78 is 8.07. The Morgan fingerprint density at radius 1 is 1.15 bits per heavy atom. The van der Waals surface area contributed by atoms with Gasteiger partial charge >= 0.3 is 0 Å². The largest absolute Gasteiger partial charge is 0.491 e. The van der Waals surface area contributed by atoms with Crippen molar-refractivity contribution in [3.8, 4) is 5.75 Å². The fourth-order valence-corrected chi connectivity index (χ4v) is 4.03. The second kappa shape index (κ2) is 7.75. The summed E-state index contributed by atoms with van der Waals surface area (Å²) in [6.45, 7) is 5.09. The summed E-state index contributed by atoms with van der Waals surface area (Å²) in [6, 6.07) is 16.4. The molecule has 3 aromatic rings. The fraction of sp³-hybridized carbons (Fsp3) is 0.391. The number of ether oxygens (including phenoxy) is 1. The van der Waals surface area contributed by atoms with Gasteiger partial charge in [0, 0.05) is 36.1 Å². The maximum atomic E-state index is 10.6. The van der Waals surface area contributed by atoms with Gasteiger partial charge in [-0.1, -0.05) is 31.2 Å². The third-order valence-corrected chi connectivity index (χ3v) is 5.50. The smallest absolute Gasteiger partial charge is 0.119 e. The molecule has 4 heteroatoms. The zero-order valence-corrected chi connectivity index (χ0v) is 16.2. The Labute approximate surface area is 161 Å². The Morgan fingerprint density at radius 3 is 2.74 bits per heavy atom. The molecular weight excluding hydrogens is 336 g/mol. The highest BCUT2D eigenvalue weighted by molar-refractivity contribution is 5.86. The first-order valence-electron chi connectivity index (χ1n) is 9.83. The predicted octanol–water partition coefficient (Wildman–Crippen LogP) is 3.63. The molecule has 1 N–H and O–H groups in total. The van der Waals surface area contributed by atoms with Crippen molar-refractivity contribution in [1.29, 1.82) is 0 Å². The number of hydrogen-bond donors (Lipinski definition) is 1. The van der Waals surface area contributed by atoms with E-state index in [2.05, 4.69) is 41.6 Å². The highest BCUT2D eigenvalue weighted by atomic mass is 16.5. The minimum Gasteiger partial charge on any atom is -0.491 e. The lowest BCUT2D eigenvalue weighted by atomic mass is 10.0. The first-order chi connectivity index (χ1) is 13.2. The molecule has 0 saturated carbocycles. The number of aliphatic hydroxyl groups is 1. The van der Waals surface area contributed by atoms with E-state index in [4.69, 9.17) is 4.74 Å². The maximum Gasteiger partial charge on any atom is 0.119 e. The summed E-state index contributed by atoms with van der Waals surface area (Å²) in [6.07, 6.45) is 1.52. The van der Waals surface area contributed by atoms with Gasteiger partial charge in [0.05, 0.1) is 6.54 Å². The second-order valence-corrected chi connectivity index (χ2v) is 7.51. The lowest BCUT2D eigenvalue weighted by Crippen LogP contribution is -2.29. The molecule has 0 spiro atoms. The average molecular weight is 364 g/mol. The predicted molar refractivity (Wildman–Crippen MR) is 109 cm³/mol. The zero-order chi connectivity index (χ0) is 18.8. The van der Waals surface area contributed by atoms with Crippen LogP contribution < -0.4 is 4.74 Å². The molecule has 0 saturated heterocycles. The number of fused-ring (bicyclic) bond motifs is 3. The van der Waals surface area contributed by atoms with Crippen molar-refractivity contribution < 1.29 is 9.84 Å². The van der Waals surface area contributed by atoms with Crippen molar-refractivity contribution in [2.75, 3.05) is 20.2 Å². The second-order valence-electron chi connectivity index (χ2n) is 7.51. The third-order valence-electron chi connectivity index (χ3n) is 5.50. The molecule has 2 aromatic carbocycles. The van der Waals surface area contributed by atoms with E-state index in [1.165, 1.54) is 27.7 Å². The van der Waals surface area contributed by atoms with E-state index in [1.54, 1.807) is 0 Å². The highest BCUT2D eigenvalue weighted by Gasteiger charge is 2.23. The van der Waals surface area contributed by atoms with Crippen molar-refractivity contribution in [2.45, 2.75) is 39.0 Å². The van der Waals surface area contributed by atoms with Crippen LogP contribution in [0.3, 0.4) is 0 Å². The number of hydrogen-bond acceptors (Lipinski definition) is 3. The van der Waals surface area contributed by atoms with Crippen LogP contribution in [0.5, 0.6) is 5.75 Å². The van der Waals surface area contributed by atoms with Crippen LogP contribution in [0.1, 0.15) is 23.7 Å². The molecule has 0 fully saturated rings. The summed E-state index contributed by atoms with van der Waals surface area (Å²) in [4.78, 5) is 2.37. The third kappa shape index (κ3) is 3.73. The van der Waals surface area contributed by atoms with Crippen LogP contribution in [0.15, 0.2) is 48.5 Å². The van der Waals surface area contributed by atoms with Crippen molar-refractivity contribution in [3.63, 3.8) is 0 Å². The van der Waals surface area contributed by atoms with E-state index in [1.807, 2.05) is 30.3 Å². The number of rotatable bonds is 6. The van der Waals surface area contributed by atoms with Gasteiger partial charge in [-0.3, -0.25) is 0 Å². The van der Waals surface area contributed by atoms with Crippen LogP contribution >= 0.6 is 0 Å². The number of para-hydroxylation sites is 1. The molecule has 0 aliphatic carbocycles. The van der Waals surface area contributed by atoms with E-state index in [-0.39, 0.29) is 0 Å². The van der Waals surface area contributed by atoms with Gasteiger partial charge in [-0.2, -0.15) is 0 Å². The Bertz CT molecular complexity index is 917. The topological polar surface area (TPSA) is 37.6 Å². The van der Waals surface area contributed by atoms with Gasteiger partial charge in [0.15, 0.2) is 0 Å². The molecule has 1 unspecified atom stereocenters. The Morgan fingerprint density at radius 2 is 1.96 bits per heavy atom. The molecule has 1 aliphatic heterocycles. The fourth-order valence-electron chi connectivity index (χ4n) is 4.03. The van der Waals surface area contributed by atoms with Crippen molar-refractivity contribution >= 4 is 10.9 Å². The first kappa shape index (κ1) is 18.1. The number of aliphatic hydroxyl groups excluding tert-OH is 1. The van der Waals surface area contributed by atoms with Gasteiger partial charge in [-0.05, 0) is 48.9 Å². The normalized spacial score (nSPS) is 15.7. The average Bonchev–Trinajstić information content (AvgIpc) is 2.99. The molecule has 0 radical (unpaired) electrons. The van der Waals surface area contributed by atoms with Crippen molar-refractivity contribution in [1.82, 2.24) is 9.47 Å². The van der Waals surface area contributed by atoms with Crippen LogP contribution in [0, 0.1) is 0 Å². The van der Waals surface area contributed by atoms with E-state index < -0.39 is 6.10 Å². The van der Waals surface area contributed by atoms with Crippen LogP contribution in [0.25, 0.3) is 10.9 Å². The SMILES string of the molecule is CCc1ccc2c(c1)c1c(n2CC(O)COc2ccccc2)CCN(C)C1. The maximum absolute atomic E-state index is 10.6. The van der Waals surface area contributed by atoms with Crippen LogP contribution in [-0.2, 0) is 25.9 Å². The minimum atomic E-state index is -0.546. The molecular formula is C23H28N2O2. The Hall–Kier alpha value is -2.30. The van der Waals surface area contributed by atoms with Gasteiger partial charge in [-0.25, -0.2) is 0 Å². The van der Waals surface area contributed by atoms with E-state index in [0.717, 1.165) is 31.7 Å². The first-order valence-corrected chi connectivity index (χ1v) is 9.83. The Balaban J connectivity index is 1.61. The summed E-state index contributed by atoms with van der Waals surface area (Å²) in [5.41, 5.74) is 5.38. The van der Waals surface area contributed by atoms with E-state index >= 15 is 0 Å². The highest BCUT2D eigenvalue weighted by Crippen LogP contribution is 2.31. The van der Waals surface area contributed by atoms with E-state index in [0.29, 0.717) is 13.2 Å². The quantitative estimate of drug-likeness (QED) is 0.726. The summed E-state index contributed by atoms with van der Waals surface area (Å²) >= 11 is 0. The minimum absolute atomic E-state index is 0.297. The molecule has 27 heavy (non-hydrogen) atoms. The van der Waals surface area contributed by atoms with Crippen molar-refractivity contribution in [2.24, 2.45) is 0 Å². The summed E-state index contributed by atoms with van der Waals surface area (Å²) in [5, 5.41) is 12.0. The molecule has 142 valence electrons. The zero-order valence-electron chi connectivity index (χ0n) is 16.2. The summed E-state index contributed by atoms with van der Waals surface area (Å²) in [7, 11) is 2.18. The van der Waals surface area contributed by atoms with E-state index in [9.17, 15) is 5.11 Å². The molecule has 0 amide bonds. The van der Waals surface area contributed by atoms with Gasteiger partial charge in [0.1, 0.15) is 18.5 Å². The lowest BCUT2D eigenvalue weighted by molar-refractivity contribution is 0.0925. The number of aryl methyl sites for hydroxylation is 1.